The van der Waals surface area contributed by atoms with E-state index in [1.165, 1.54) is 0 Å². The number of aryl methyl sites for hydroxylation is 1. The number of rotatable bonds is 1. The van der Waals surface area contributed by atoms with Gasteiger partial charge in [0.1, 0.15) is 11.4 Å². The van der Waals surface area contributed by atoms with Crippen LogP contribution >= 0.6 is 0 Å². The average Bonchev–Trinajstić information content (AvgIpc) is 2.91. The summed E-state index contributed by atoms with van der Waals surface area (Å²) in [6.07, 6.45) is 0. The topological polar surface area (TPSA) is 74.0 Å². The Labute approximate surface area is 103 Å². The number of hydrogen-bond donors (Lipinski definition) is 1. The molecule has 0 saturated carbocycles. The van der Waals surface area contributed by atoms with Crippen LogP contribution in [-0.2, 0) is 0 Å². The lowest BCUT2D eigenvalue weighted by Crippen LogP contribution is -2.15. The number of aromatic nitrogens is 2. The molecule has 0 aliphatic heterocycles. The van der Waals surface area contributed by atoms with Crippen molar-refractivity contribution in [1.82, 2.24) is 9.78 Å². The summed E-state index contributed by atoms with van der Waals surface area (Å²) in [4.78, 5) is 12.2. The number of benzene rings is 1. The van der Waals surface area contributed by atoms with Gasteiger partial charge in [-0.3, -0.25) is 4.79 Å². The Hall–Kier alpha value is -2.56. The number of anilines is 1. The number of nitrogen functional groups attached to an aromatic ring is 1. The Morgan fingerprint density at radius 2 is 2.11 bits per heavy atom. The van der Waals surface area contributed by atoms with E-state index in [1.54, 1.807) is 19.1 Å². The van der Waals surface area contributed by atoms with Crippen LogP contribution in [0.2, 0.25) is 0 Å². The maximum Gasteiger partial charge on any atom is 0.315 e. The molecule has 90 valence electrons. The number of carbonyl (C=O) groups is 1. The van der Waals surface area contributed by atoms with Crippen molar-refractivity contribution in [2.45, 2.75) is 6.92 Å². The van der Waals surface area contributed by atoms with E-state index >= 15 is 0 Å². The highest BCUT2D eigenvalue weighted by Gasteiger charge is 2.17. The largest absolute Gasteiger partial charge is 0.451 e. The van der Waals surface area contributed by atoms with Crippen LogP contribution in [0, 0.1) is 6.92 Å². The zero-order valence-electron chi connectivity index (χ0n) is 9.75. The van der Waals surface area contributed by atoms with Crippen LogP contribution in [0.15, 0.2) is 40.8 Å². The second-order valence-corrected chi connectivity index (χ2v) is 4.08. The minimum atomic E-state index is -0.364. The molecule has 0 saturated heterocycles. The molecule has 0 unspecified atom stereocenters. The molecule has 5 nitrogen and oxygen atoms in total. The standard InChI is InChI=1S/C13H11N3O2/c1-8-6-12(14)16(15-8)13(17)11-7-9-4-2-3-5-10(9)18-11/h2-7H,14H2,1H3. The zero-order valence-corrected chi connectivity index (χ0v) is 9.75. The number of furan rings is 1. The smallest absolute Gasteiger partial charge is 0.315 e. The van der Waals surface area contributed by atoms with Gasteiger partial charge in [0.05, 0.1) is 5.69 Å². The van der Waals surface area contributed by atoms with Crippen molar-refractivity contribution < 1.29 is 9.21 Å². The summed E-state index contributed by atoms with van der Waals surface area (Å²) >= 11 is 0. The van der Waals surface area contributed by atoms with Gasteiger partial charge in [-0.2, -0.15) is 9.78 Å². The molecule has 0 bridgehead atoms. The predicted molar refractivity (Wildman–Crippen MR) is 67.3 cm³/mol. The van der Waals surface area contributed by atoms with Gasteiger partial charge in [-0.15, -0.1) is 0 Å². The maximum atomic E-state index is 12.2. The molecule has 0 radical (unpaired) electrons. The van der Waals surface area contributed by atoms with Crippen molar-refractivity contribution in [1.29, 1.82) is 0 Å². The Morgan fingerprint density at radius 3 is 2.78 bits per heavy atom. The number of nitrogens with two attached hydrogens (primary N) is 1. The fourth-order valence-electron chi connectivity index (χ4n) is 1.87. The molecule has 2 heterocycles. The molecule has 0 atom stereocenters. The van der Waals surface area contributed by atoms with E-state index in [9.17, 15) is 4.79 Å². The van der Waals surface area contributed by atoms with E-state index in [4.69, 9.17) is 10.2 Å². The first-order chi connectivity index (χ1) is 8.65. The first-order valence-corrected chi connectivity index (χ1v) is 5.50. The first kappa shape index (κ1) is 10.6. The van der Waals surface area contributed by atoms with Crippen LogP contribution in [-0.4, -0.2) is 15.7 Å². The maximum absolute atomic E-state index is 12.2. The predicted octanol–water partition coefficient (Wildman–Crippen LogP) is 2.21. The molecule has 3 aromatic rings. The Balaban J connectivity index is 2.09. The molecular weight excluding hydrogens is 230 g/mol. The van der Waals surface area contributed by atoms with E-state index in [0.717, 1.165) is 10.1 Å². The summed E-state index contributed by atoms with van der Waals surface area (Å²) in [7, 11) is 0. The molecule has 0 spiro atoms. The van der Waals surface area contributed by atoms with Crippen molar-refractivity contribution in [2.75, 3.05) is 5.73 Å². The lowest BCUT2D eigenvalue weighted by molar-refractivity contribution is 0.0922. The summed E-state index contributed by atoms with van der Waals surface area (Å²) in [5.74, 6) is 0.167. The third-order valence-corrected chi connectivity index (χ3v) is 2.69. The highest BCUT2D eigenvalue weighted by molar-refractivity contribution is 5.98. The van der Waals surface area contributed by atoms with Crippen molar-refractivity contribution in [3.05, 3.63) is 47.9 Å². The van der Waals surface area contributed by atoms with Gasteiger partial charge >= 0.3 is 5.91 Å². The molecule has 0 amide bonds. The molecule has 5 heteroatoms. The summed E-state index contributed by atoms with van der Waals surface area (Å²) in [6.45, 7) is 1.78. The monoisotopic (exact) mass is 241 g/mol. The van der Waals surface area contributed by atoms with Gasteiger partial charge in [0.2, 0.25) is 0 Å². The summed E-state index contributed by atoms with van der Waals surface area (Å²) in [6, 6.07) is 10.8. The van der Waals surface area contributed by atoms with Crippen LogP contribution in [0.1, 0.15) is 16.2 Å². The Morgan fingerprint density at radius 1 is 1.33 bits per heavy atom. The van der Waals surface area contributed by atoms with E-state index in [1.807, 2.05) is 24.3 Å². The van der Waals surface area contributed by atoms with E-state index in [2.05, 4.69) is 5.10 Å². The second-order valence-electron chi connectivity index (χ2n) is 4.08. The lowest BCUT2D eigenvalue weighted by atomic mass is 10.2. The van der Waals surface area contributed by atoms with Crippen LogP contribution in [0.3, 0.4) is 0 Å². The normalized spacial score (nSPS) is 10.9. The Kier molecular flexibility index (Phi) is 2.19. The lowest BCUT2D eigenvalue weighted by Gasteiger charge is -1.98. The van der Waals surface area contributed by atoms with Crippen LogP contribution in [0.4, 0.5) is 5.82 Å². The van der Waals surface area contributed by atoms with Crippen molar-refractivity contribution in [2.24, 2.45) is 0 Å². The molecule has 0 aliphatic carbocycles. The number of nitrogens with zero attached hydrogens (tertiary/aromatic N) is 2. The second kappa shape index (κ2) is 3.73. The molecule has 0 aliphatic rings. The van der Waals surface area contributed by atoms with E-state index in [0.29, 0.717) is 17.1 Å². The molecule has 2 N–H and O–H groups in total. The SMILES string of the molecule is Cc1cc(N)n(C(=O)c2cc3ccccc3o2)n1. The van der Waals surface area contributed by atoms with Crippen LogP contribution < -0.4 is 5.73 Å². The van der Waals surface area contributed by atoms with Gasteiger partial charge in [-0.1, -0.05) is 18.2 Å². The highest BCUT2D eigenvalue weighted by atomic mass is 16.3. The average molecular weight is 241 g/mol. The van der Waals surface area contributed by atoms with Gasteiger partial charge in [0.15, 0.2) is 5.76 Å². The first-order valence-electron chi connectivity index (χ1n) is 5.50. The van der Waals surface area contributed by atoms with Crippen LogP contribution in [0.5, 0.6) is 0 Å². The van der Waals surface area contributed by atoms with Gasteiger partial charge in [0.25, 0.3) is 0 Å². The van der Waals surface area contributed by atoms with Crippen molar-refractivity contribution in [3.63, 3.8) is 0 Å². The molecule has 0 fully saturated rings. The number of para-hydroxylation sites is 1. The van der Waals surface area contributed by atoms with Gasteiger partial charge in [-0.05, 0) is 19.1 Å². The molecule has 18 heavy (non-hydrogen) atoms. The number of hydrogen-bond acceptors (Lipinski definition) is 4. The molecular formula is C13H11N3O2. The van der Waals surface area contributed by atoms with E-state index in [-0.39, 0.29) is 11.7 Å². The van der Waals surface area contributed by atoms with Crippen molar-refractivity contribution in [3.8, 4) is 0 Å². The number of fused-ring (bicyclic) bond motifs is 1. The van der Waals surface area contributed by atoms with Crippen molar-refractivity contribution >= 4 is 22.7 Å². The van der Waals surface area contributed by atoms with Gasteiger partial charge < -0.3 is 10.2 Å². The van der Waals surface area contributed by atoms with Gasteiger partial charge in [0, 0.05) is 11.5 Å². The zero-order chi connectivity index (χ0) is 12.7. The summed E-state index contributed by atoms with van der Waals surface area (Å²) in [5.41, 5.74) is 7.07. The van der Waals surface area contributed by atoms with Gasteiger partial charge in [-0.25, -0.2) is 0 Å². The summed E-state index contributed by atoms with van der Waals surface area (Å²) in [5, 5.41) is 4.92. The molecule has 3 rings (SSSR count). The molecule has 2 aromatic heterocycles. The minimum Gasteiger partial charge on any atom is -0.451 e. The molecule has 1 aromatic carbocycles. The quantitative estimate of drug-likeness (QED) is 0.708. The Bertz CT molecular complexity index is 707. The highest BCUT2D eigenvalue weighted by Crippen LogP contribution is 2.20. The number of carbonyl (C=O) groups excluding carboxylic acids is 1. The minimum absolute atomic E-state index is 0.228. The van der Waals surface area contributed by atoms with Crippen LogP contribution in [0.25, 0.3) is 11.0 Å². The fraction of sp³-hybridized carbons (Fsp3) is 0.0769. The van der Waals surface area contributed by atoms with E-state index < -0.39 is 0 Å². The summed E-state index contributed by atoms with van der Waals surface area (Å²) < 4.78 is 6.63. The fourth-order valence-corrected chi connectivity index (χ4v) is 1.87. The third kappa shape index (κ3) is 1.57. The third-order valence-electron chi connectivity index (χ3n) is 2.69.